The third-order valence-corrected chi connectivity index (χ3v) is 7.30. The van der Waals surface area contributed by atoms with Crippen molar-refractivity contribution in [2.75, 3.05) is 14.2 Å². The van der Waals surface area contributed by atoms with E-state index in [2.05, 4.69) is 4.99 Å². The molecular weight excluding hydrogens is 476 g/mol. The first kappa shape index (κ1) is 23.7. The Hall–Kier alpha value is -3.50. The zero-order valence-electron chi connectivity index (χ0n) is 19.2. The van der Waals surface area contributed by atoms with Crippen LogP contribution in [0.1, 0.15) is 35.9 Å². The van der Waals surface area contributed by atoms with Gasteiger partial charge in [0.05, 0.1) is 36.1 Å². The van der Waals surface area contributed by atoms with Crippen LogP contribution in [0.3, 0.4) is 0 Å². The maximum Gasteiger partial charge on any atom is 0.338 e. The van der Waals surface area contributed by atoms with Crippen molar-refractivity contribution in [1.82, 2.24) is 4.57 Å². The van der Waals surface area contributed by atoms with Crippen LogP contribution in [-0.2, 0) is 14.3 Å². The third-order valence-electron chi connectivity index (χ3n) is 5.35. The molecule has 8 nitrogen and oxygen atoms in total. The van der Waals surface area contributed by atoms with Crippen LogP contribution in [0, 0.1) is 6.92 Å². The zero-order valence-corrected chi connectivity index (χ0v) is 20.8. The molecule has 0 radical (unpaired) electrons. The van der Waals surface area contributed by atoms with Gasteiger partial charge in [-0.3, -0.25) is 14.2 Å². The number of thiophene rings is 1. The van der Waals surface area contributed by atoms with Gasteiger partial charge in [0.2, 0.25) is 0 Å². The number of methoxy groups -OCH3 is 2. The minimum absolute atomic E-state index is 0.236. The summed E-state index contributed by atoms with van der Waals surface area (Å²) in [7, 11) is 2.73. The van der Waals surface area contributed by atoms with Crippen LogP contribution in [0.25, 0.3) is 6.08 Å². The van der Waals surface area contributed by atoms with E-state index >= 15 is 0 Å². The molecule has 176 valence electrons. The van der Waals surface area contributed by atoms with E-state index in [1.807, 2.05) is 24.4 Å². The van der Waals surface area contributed by atoms with Crippen molar-refractivity contribution in [2.45, 2.75) is 26.8 Å². The number of nitrogens with zero attached hydrogens (tertiary/aromatic N) is 2. The molecule has 0 saturated heterocycles. The number of aromatic nitrogens is 1. The summed E-state index contributed by atoms with van der Waals surface area (Å²) in [6.07, 6.45) is 1.85. The van der Waals surface area contributed by atoms with E-state index in [1.165, 1.54) is 37.0 Å². The number of aryl methyl sites for hydroxylation is 1. The number of thiazole rings is 1. The van der Waals surface area contributed by atoms with Crippen molar-refractivity contribution in [3.05, 3.63) is 76.6 Å². The Morgan fingerprint density at radius 2 is 1.91 bits per heavy atom. The minimum atomic E-state index is -0.796. The largest absolute Gasteiger partial charge is 0.493 e. The van der Waals surface area contributed by atoms with Crippen molar-refractivity contribution >= 4 is 40.7 Å². The summed E-state index contributed by atoms with van der Waals surface area (Å²) in [6.45, 7) is 4.99. The fourth-order valence-corrected chi connectivity index (χ4v) is 5.71. The fraction of sp³-hybridized carbons (Fsp3) is 0.250. The number of esters is 2. The first-order valence-electron chi connectivity index (χ1n) is 10.3. The predicted molar refractivity (Wildman–Crippen MR) is 129 cm³/mol. The van der Waals surface area contributed by atoms with E-state index in [0.717, 1.165) is 10.4 Å². The second-order valence-corrected chi connectivity index (χ2v) is 9.50. The van der Waals surface area contributed by atoms with Gasteiger partial charge >= 0.3 is 11.9 Å². The van der Waals surface area contributed by atoms with Gasteiger partial charge in [0.1, 0.15) is 0 Å². The lowest BCUT2D eigenvalue weighted by atomic mass is 9.95. The van der Waals surface area contributed by atoms with E-state index in [0.29, 0.717) is 26.3 Å². The number of carbonyl (C=O) groups excluding carboxylic acids is 2. The maximum atomic E-state index is 13.6. The average molecular weight is 499 g/mol. The van der Waals surface area contributed by atoms with Gasteiger partial charge in [0.25, 0.3) is 5.56 Å². The Labute approximate surface area is 203 Å². The Balaban J connectivity index is 1.97. The first-order valence-corrected chi connectivity index (χ1v) is 12.0. The summed E-state index contributed by atoms with van der Waals surface area (Å²) in [5, 5.41) is 1.97. The summed E-state index contributed by atoms with van der Waals surface area (Å²) >= 11 is 2.81. The second-order valence-electron chi connectivity index (χ2n) is 7.55. The highest BCUT2D eigenvalue weighted by molar-refractivity contribution is 7.11. The van der Waals surface area contributed by atoms with Gasteiger partial charge in [-0.05, 0) is 54.6 Å². The van der Waals surface area contributed by atoms with Crippen LogP contribution in [0.4, 0.5) is 0 Å². The molecule has 4 rings (SSSR count). The van der Waals surface area contributed by atoms with Crippen LogP contribution < -0.4 is 24.4 Å². The van der Waals surface area contributed by atoms with Gasteiger partial charge in [-0.15, -0.1) is 11.3 Å². The van der Waals surface area contributed by atoms with E-state index in [9.17, 15) is 14.4 Å². The highest BCUT2D eigenvalue weighted by atomic mass is 32.1. The van der Waals surface area contributed by atoms with Crippen molar-refractivity contribution in [3.63, 3.8) is 0 Å². The van der Waals surface area contributed by atoms with Gasteiger partial charge in [0, 0.05) is 11.8 Å². The average Bonchev–Trinajstić information content (AvgIpc) is 3.34. The molecule has 3 heterocycles. The molecule has 1 aliphatic heterocycles. The van der Waals surface area contributed by atoms with Gasteiger partial charge in [-0.1, -0.05) is 17.4 Å². The molecule has 10 heteroatoms. The summed E-state index contributed by atoms with van der Waals surface area (Å²) in [5.41, 5.74) is 2.10. The highest BCUT2D eigenvalue weighted by Gasteiger charge is 2.33. The van der Waals surface area contributed by atoms with Crippen molar-refractivity contribution < 1.29 is 23.8 Å². The molecular formula is C24H22N2O6S2. The topological polar surface area (TPSA) is 96.2 Å². The Morgan fingerprint density at radius 3 is 2.53 bits per heavy atom. The summed E-state index contributed by atoms with van der Waals surface area (Å²) in [5.74, 6) is -0.547. The summed E-state index contributed by atoms with van der Waals surface area (Å²) < 4.78 is 17.7. The van der Waals surface area contributed by atoms with Gasteiger partial charge in [-0.2, -0.15) is 0 Å². The molecule has 0 N–H and O–H groups in total. The smallest absolute Gasteiger partial charge is 0.338 e. The maximum absolute atomic E-state index is 13.6. The normalized spacial score (nSPS) is 15.6. The van der Waals surface area contributed by atoms with Crippen LogP contribution >= 0.6 is 22.7 Å². The number of rotatable bonds is 5. The lowest BCUT2D eigenvalue weighted by molar-refractivity contribution is -0.136. The van der Waals surface area contributed by atoms with Gasteiger partial charge in [0.15, 0.2) is 16.3 Å². The van der Waals surface area contributed by atoms with Gasteiger partial charge in [-0.25, -0.2) is 9.79 Å². The molecule has 0 bridgehead atoms. The number of ether oxygens (including phenoxy) is 3. The highest BCUT2D eigenvalue weighted by Crippen LogP contribution is 2.36. The van der Waals surface area contributed by atoms with Crippen LogP contribution in [0.15, 0.2) is 50.7 Å². The van der Waals surface area contributed by atoms with Crippen molar-refractivity contribution in [3.8, 4) is 11.5 Å². The molecule has 0 spiro atoms. The lowest BCUT2D eigenvalue weighted by Gasteiger charge is -2.25. The van der Waals surface area contributed by atoms with Crippen molar-refractivity contribution in [1.29, 1.82) is 0 Å². The zero-order chi connectivity index (χ0) is 24.6. The van der Waals surface area contributed by atoms with E-state index in [-0.39, 0.29) is 16.9 Å². The number of hydrogen-bond acceptors (Lipinski definition) is 9. The molecule has 1 atom stereocenters. The Morgan fingerprint density at radius 1 is 1.15 bits per heavy atom. The molecule has 1 aromatic carbocycles. The van der Waals surface area contributed by atoms with Gasteiger partial charge < -0.3 is 14.2 Å². The molecule has 34 heavy (non-hydrogen) atoms. The Bertz CT molecular complexity index is 1510. The molecule has 0 aliphatic carbocycles. The molecule has 0 unspecified atom stereocenters. The van der Waals surface area contributed by atoms with E-state index in [4.69, 9.17) is 14.2 Å². The standard InChI is InChI=1S/C24H22N2O6S2/c1-12-8-9-33-18(12)11-19-22(28)26-21(20(23(29)31-5)13(2)25-24(26)34-19)15-6-7-16(32-14(3)27)17(10-15)30-4/h6-11,21H,1-5H3/b19-11-/t21-/m0/s1. The molecule has 0 amide bonds. The molecule has 0 fully saturated rings. The molecule has 1 aliphatic rings. The Kier molecular flexibility index (Phi) is 6.54. The lowest BCUT2D eigenvalue weighted by Crippen LogP contribution is -2.39. The summed E-state index contributed by atoms with van der Waals surface area (Å²) in [4.78, 5) is 43.8. The number of allylic oxidation sites excluding steroid dienone is 1. The predicted octanol–water partition coefficient (Wildman–Crippen LogP) is 2.71. The number of fused-ring (bicyclic) bond motifs is 1. The van der Waals surface area contributed by atoms with Crippen molar-refractivity contribution in [2.24, 2.45) is 4.99 Å². The first-order chi connectivity index (χ1) is 16.2. The van der Waals surface area contributed by atoms with E-state index < -0.39 is 18.0 Å². The number of benzene rings is 1. The second kappa shape index (κ2) is 9.40. The van der Waals surface area contributed by atoms with Crippen LogP contribution in [-0.4, -0.2) is 30.7 Å². The monoisotopic (exact) mass is 498 g/mol. The number of carbonyl (C=O) groups is 2. The molecule has 3 aromatic rings. The SMILES string of the molecule is COC(=O)C1=C(C)N=c2s/c(=C\c3sccc3C)c(=O)n2[C@H]1c1ccc(OC(C)=O)c(OC)c1. The number of hydrogen-bond donors (Lipinski definition) is 0. The van der Waals surface area contributed by atoms with Crippen LogP contribution in [0.5, 0.6) is 11.5 Å². The van der Waals surface area contributed by atoms with E-state index in [1.54, 1.807) is 36.5 Å². The third kappa shape index (κ3) is 4.22. The quantitative estimate of drug-likeness (QED) is 0.397. The molecule has 0 saturated carbocycles. The summed E-state index contributed by atoms with van der Waals surface area (Å²) in [6, 6.07) is 6.10. The molecule has 2 aromatic heterocycles. The fourth-order valence-electron chi connectivity index (χ4n) is 3.75. The minimum Gasteiger partial charge on any atom is -0.493 e. The van der Waals surface area contributed by atoms with Crippen LogP contribution in [0.2, 0.25) is 0 Å².